The molecule has 0 aliphatic heterocycles. The average Bonchev–Trinajstić information content (AvgIpc) is 2.50. The second kappa shape index (κ2) is 7.14. The van der Waals surface area contributed by atoms with Crippen molar-refractivity contribution in [2.24, 2.45) is 5.92 Å². The maximum atomic E-state index is 12.0. The molecule has 0 spiro atoms. The van der Waals surface area contributed by atoms with Gasteiger partial charge in [-0.1, -0.05) is 49.7 Å². The van der Waals surface area contributed by atoms with Crippen molar-refractivity contribution in [1.82, 2.24) is 0 Å². The van der Waals surface area contributed by atoms with Crippen molar-refractivity contribution >= 4 is 23.2 Å². The Morgan fingerprint density at radius 1 is 1.14 bits per heavy atom. The van der Waals surface area contributed by atoms with Crippen LogP contribution in [0.1, 0.15) is 20.3 Å². The maximum absolute atomic E-state index is 12.0. The van der Waals surface area contributed by atoms with Gasteiger partial charge in [0, 0.05) is 5.92 Å². The van der Waals surface area contributed by atoms with Gasteiger partial charge >= 0.3 is 0 Å². The molecule has 1 N–H and O–H groups in total. The van der Waals surface area contributed by atoms with Crippen LogP contribution in [0.25, 0.3) is 0 Å². The van der Waals surface area contributed by atoms with Crippen LogP contribution in [0.4, 0.5) is 5.69 Å². The summed E-state index contributed by atoms with van der Waals surface area (Å²) in [5, 5.41) is 3.42. The quantitative estimate of drug-likeness (QED) is 0.833. The summed E-state index contributed by atoms with van der Waals surface area (Å²) in [6.45, 7) is 3.88. The minimum Gasteiger partial charge on any atom is -0.454 e. The lowest BCUT2D eigenvalue weighted by Gasteiger charge is -2.14. The highest BCUT2D eigenvalue weighted by atomic mass is 35.5. The smallest absolute Gasteiger partial charge is 0.227 e. The first-order valence-corrected chi connectivity index (χ1v) is 7.32. The number of benzene rings is 2. The molecule has 1 atom stereocenters. The zero-order valence-corrected chi connectivity index (χ0v) is 12.9. The van der Waals surface area contributed by atoms with Crippen LogP contribution in [0.5, 0.6) is 11.5 Å². The number of anilines is 1. The Bertz CT molecular complexity index is 628. The van der Waals surface area contributed by atoms with E-state index in [1.807, 2.05) is 44.2 Å². The summed E-state index contributed by atoms with van der Waals surface area (Å²) in [7, 11) is 0. The van der Waals surface area contributed by atoms with Gasteiger partial charge in [-0.15, -0.1) is 0 Å². The number of halogens is 1. The van der Waals surface area contributed by atoms with Crippen LogP contribution < -0.4 is 10.1 Å². The van der Waals surface area contributed by atoms with E-state index in [2.05, 4.69) is 5.32 Å². The molecule has 2 rings (SSSR count). The van der Waals surface area contributed by atoms with E-state index in [4.69, 9.17) is 16.3 Å². The second-order valence-corrected chi connectivity index (χ2v) is 5.23. The molecule has 4 heteroatoms. The number of hydrogen-bond donors (Lipinski definition) is 1. The van der Waals surface area contributed by atoms with Gasteiger partial charge in [0.1, 0.15) is 5.75 Å². The minimum atomic E-state index is -0.0432. The molecule has 21 heavy (non-hydrogen) atoms. The molecule has 0 aliphatic carbocycles. The number of hydrogen-bond acceptors (Lipinski definition) is 2. The standard InChI is InChI=1S/C17H18ClNO2/c1-3-12(2)17(20)19-14-9-5-7-11-16(14)21-15-10-6-4-8-13(15)18/h4-12H,3H2,1-2H3,(H,19,20). The molecule has 2 aromatic carbocycles. The Labute approximate surface area is 129 Å². The second-order valence-electron chi connectivity index (χ2n) is 4.83. The maximum Gasteiger partial charge on any atom is 0.227 e. The fourth-order valence-corrected chi connectivity index (χ4v) is 1.92. The summed E-state index contributed by atoms with van der Waals surface area (Å²) in [4.78, 5) is 12.0. The van der Waals surface area contributed by atoms with Crippen LogP contribution in [0.2, 0.25) is 5.02 Å². The molecule has 0 saturated carbocycles. The molecule has 1 unspecified atom stereocenters. The third-order valence-corrected chi connectivity index (χ3v) is 3.57. The van der Waals surface area contributed by atoms with E-state index in [9.17, 15) is 4.79 Å². The molecule has 0 bridgehead atoms. The SMILES string of the molecule is CCC(C)C(=O)Nc1ccccc1Oc1ccccc1Cl. The van der Waals surface area contributed by atoms with E-state index in [1.165, 1.54) is 0 Å². The van der Waals surface area contributed by atoms with E-state index in [-0.39, 0.29) is 11.8 Å². The zero-order valence-electron chi connectivity index (χ0n) is 12.1. The van der Waals surface area contributed by atoms with Crippen LogP contribution in [0.3, 0.4) is 0 Å². The molecular formula is C17H18ClNO2. The number of rotatable bonds is 5. The predicted octanol–water partition coefficient (Wildman–Crippen LogP) is 5.12. The van der Waals surface area contributed by atoms with Crippen molar-refractivity contribution in [2.75, 3.05) is 5.32 Å². The number of carbonyl (C=O) groups excluding carboxylic acids is 1. The summed E-state index contributed by atoms with van der Waals surface area (Å²) in [5.41, 5.74) is 0.641. The first-order valence-electron chi connectivity index (χ1n) is 6.94. The minimum absolute atomic E-state index is 0.0206. The average molecular weight is 304 g/mol. The van der Waals surface area contributed by atoms with Crippen molar-refractivity contribution in [1.29, 1.82) is 0 Å². The van der Waals surface area contributed by atoms with Gasteiger partial charge in [0.2, 0.25) is 5.91 Å². The van der Waals surface area contributed by atoms with Crippen LogP contribution >= 0.6 is 11.6 Å². The normalized spacial score (nSPS) is 11.8. The Hall–Kier alpha value is -2.00. The number of amides is 1. The van der Waals surface area contributed by atoms with E-state index in [0.29, 0.717) is 22.2 Å². The monoisotopic (exact) mass is 303 g/mol. The van der Waals surface area contributed by atoms with Gasteiger partial charge in [-0.25, -0.2) is 0 Å². The molecule has 0 fully saturated rings. The first kappa shape index (κ1) is 15.4. The lowest BCUT2D eigenvalue weighted by molar-refractivity contribution is -0.119. The van der Waals surface area contributed by atoms with Crippen molar-refractivity contribution in [3.8, 4) is 11.5 Å². The molecule has 0 radical (unpaired) electrons. The van der Waals surface area contributed by atoms with Crippen LogP contribution in [0.15, 0.2) is 48.5 Å². The van der Waals surface area contributed by atoms with Gasteiger partial charge in [0.05, 0.1) is 10.7 Å². The van der Waals surface area contributed by atoms with Crippen molar-refractivity contribution in [3.05, 3.63) is 53.6 Å². The van der Waals surface area contributed by atoms with Gasteiger partial charge in [0.25, 0.3) is 0 Å². The Morgan fingerprint density at radius 3 is 2.43 bits per heavy atom. The third-order valence-electron chi connectivity index (χ3n) is 3.26. The summed E-state index contributed by atoms with van der Waals surface area (Å²) in [6, 6.07) is 14.6. The molecule has 3 nitrogen and oxygen atoms in total. The summed E-state index contributed by atoms with van der Waals surface area (Å²) < 4.78 is 5.81. The molecule has 2 aromatic rings. The molecular weight excluding hydrogens is 286 g/mol. The van der Waals surface area contributed by atoms with Crippen LogP contribution in [-0.2, 0) is 4.79 Å². The third kappa shape index (κ3) is 3.99. The van der Waals surface area contributed by atoms with E-state index >= 15 is 0 Å². The fourth-order valence-electron chi connectivity index (χ4n) is 1.75. The lowest BCUT2D eigenvalue weighted by atomic mass is 10.1. The predicted molar refractivity (Wildman–Crippen MR) is 86.1 cm³/mol. The van der Waals surface area contributed by atoms with E-state index < -0.39 is 0 Å². The molecule has 0 aromatic heterocycles. The number of carbonyl (C=O) groups is 1. The summed E-state index contributed by atoms with van der Waals surface area (Å²) >= 11 is 6.09. The Balaban J connectivity index is 2.21. The molecule has 110 valence electrons. The molecule has 0 saturated heterocycles. The van der Waals surface area contributed by atoms with Crippen molar-refractivity contribution in [3.63, 3.8) is 0 Å². The molecule has 0 heterocycles. The highest BCUT2D eigenvalue weighted by Crippen LogP contribution is 2.33. The van der Waals surface area contributed by atoms with Crippen molar-refractivity contribution < 1.29 is 9.53 Å². The molecule has 0 aliphatic rings. The summed E-state index contributed by atoms with van der Waals surface area (Å²) in [5.74, 6) is 1.07. The highest BCUT2D eigenvalue weighted by Gasteiger charge is 2.13. The summed E-state index contributed by atoms with van der Waals surface area (Å²) in [6.07, 6.45) is 0.791. The number of nitrogens with one attached hydrogen (secondary N) is 1. The van der Waals surface area contributed by atoms with Crippen LogP contribution in [0, 0.1) is 5.92 Å². The zero-order chi connectivity index (χ0) is 15.2. The van der Waals surface area contributed by atoms with E-state index in [1.54, 1.807) is 18.2 Å². The molecule has 1 amide bonds. The number of para-hydroxylation sites is 3. The van der Waals surface area contributed by atoms with Gasteiger partial charge in [-0.2, -0.15) is 0 Å². The van der Waals surface area contributed by atoms with Crippen molar-refractivity contribution in [2.45, 2.75) is 20.3 Å². The Kier molecular flexibility index (Phi) is 5.23. The fraction of sp³-hybridized carbons (Fsp3) is 0.235. The van der Waals surface area contributed by atoms with Gasteiger partial charge in [0.15, 0.2) is 5.75 Å². The first-order chi connectivity index (χ1) is 10.1. The number of ether oxygens (including phenoxy) is 1. The van der Waals surface area contributed by atoms with Gasteiger partial charge in [-0.3, -0.25) is 4.79 Å². The topological polar surface area (TPSA) is 38.3 Å². The van der Waals surface area contributed by atoms with E-state index in [0.717, 1.165) is 6.42 Å². The van der Waals surface area contributed by atoms with Crippen LogP contribution in [-0.4, -0.2) is 5.91 Å². The van der Waals surface area contributed by atoms with Gasteiger partial charge in [-0.05, 0) is 30.7 Å². The Morgan fingerprint density at radius 2 is 1.76 bits per heavy atom. The largest absolute Gasteiger partial charge is 0.454 e. The highest BCUT2D eigenvalue weighted by molar-refractivity contribution is 6.32. The van der Waals surface area contributed by atoms with Gasteiger partial charge < -0.3 is 10.1 Å². The lowest BCUT2D eigenvalue weighted by Crippen LogP contribution is -2.19.